The first-order valence-electron chi connectivity index (χ1n) is 12.4. The maximum Gasteiger partial charge on any atom is 0.237 e. The molecule has 3 rings (SSSR count). The molecule has 0 aromatic heterocycles. The third kappa shape index (κ3) is 7.10. The van der Waals surface area contributed by atoms with Crippen LogP contribution in [-0.4, -0.2) is 36.5 Å². The van der Waals surface area contributed by atoms with Crippen molar-refractivity contribution in [1.82, 2.24) is 10.2 Å². The average Bonchev–Trinajstić information content (AvgIpc) is 2.81. The number of nitrogens with zero attached hydrogens (tertiary/aromatic N) is 1. The van der Waals surface area contributed by atoms with Gasteiger partial charge in [0, 0.05) is 18.5 Å². The van der Waals surface area contributed by atoms with E-state index in [9.17, 15) is 13.6 Å². The van der Waals surface area contributed by atoms with Gasteiger partial charge in [0.25, 0.3) is 0 Å². The zero-order valence-electron chi connectivity index (χ0n) is 20.2. The molecule has 0 aliphatic heterocycles. The predicted octanol–water partition coefficient (Wildman–Crippen LogP) is 6.28. The Kier molecular flexibility index (Phi) is 9.42. The fourth-order valence-corrected chi connectivity index (χ4v) is 5.21. The molecule has 1 fully saturated rings. The monoisotopic (exact) mass is 456 g/mol. The second-order valence-electron chi connectivity index (χ2n) is 9.74. The summed E-state index contributed by atoms with van der Waals surface area (Å²) >= 11 is 0. The van der Waals surface area contributed by atoms with Gasteiger partial charge >= 0.3 is 0 Å². The highest BCUT2D eigenvalue weighted by Gasteiger charge is 2.31. The van der Waals surface area contributed by atoms with Crippen molar-refractivity contribution in [3.63, 3.8) is 0 Å². The molecule has 3 nitrogen and oxygen atoms in total. The molecule has 0 spiro atoms. The Hall–Kier alpha value is -2.27. The van der Waals surface area contributed by atoms with E-state index < -0.39 is 0 Å². The van der Waals surface area contributed by atoms with Crippen molar-refractivity contribution in [2.75, 3.05) is 13.6 Å². The summed E-state index contributed by atoms with van der Waals surface area (Å²) in [6.07, 6.45) is 7.69. The van der Waals surface area contributed by atoms with Gasteiger partial charge in [0.2, 0.25) is 5.91 Å². The number of carbonyl (C=O) groups excluding carboxylic acids is 1. The molecule has 0 bridgehead atoms. The van der Waals surface area contributed by atoms with E-state index in [2.05, 4.69) is 31.1 Å². The highest BCUT2D eigenvalue weighted by Crippen LogP contribution is 2.30. The lowest BCUT2D eigenvalue weighted by molar-refractivity contribution is -0.128. The third-order valence-corrected chi connectivity index (χ3v) is 7.00. The zero-order valence-corrected chi connectivity index (χ0v) is 20.2. The number of benzene rings is 2. The Bertz CT molecular complexity index is 815. The van der Waals surface area contributed by atoms with E-state index in [1.54, 1.807) is 24.3 Å². The topological polar surface area (TPSA) is 32.3 Å². The Morgan fingerprint density at radius 2 is 1.45 bits per heavy atom. The Balaban J connectivity index is 1.60. The average molecular weight is 457 g/mol. The Morgan fingerprint density at radius 1 is 0.939 bits per heavy atom. The van der Waals surface area contributed by atoms with Crippen LogP contribution in [0.4, 0.5) is 8.78 Å². The molecular formula is C28H38F2N2O. The molecule has 1 N–H and O–H groups in total. The number of halogens is 2. The van der Waals surface area contributed by atoms with Crippen LogP contribution in [0.2, 0.25) is 0 Å². The van der Waals surface area contributed by atoms with Gasteiger partial charge in [0.05, 0.1) is 6.04 Å². The van der Waals surface area contributed by atoms with Crippen molar-refractivity contribution in [3.05, 3.63) is 71.3 Å². The van der Waals surface area contributed by atoms with Crippen molar-refractivity contribution >= 4 is 5.91 Å². The standard InChI is InChI=1S/C28H38F2N2O/c1-20(2)27(32(3)25-8-5-4-6-9-25)28(33)31-19-7-10-26(21-11-15-23(29)16-12-21)22-13-17-24(30)18-14-22/h11-18,20,25-27H,4-10,19H2,1-3H3,(H,31,33)/t27-/m0/s1. The number of rotatable bonds is 10. The lowest BCUT2D eigenvalue weighted by Gasteiger charge is -2.38. The molecule has 1 aliphatic rings. The van der Waals surface area contributed by atoms with E-state index in [1.165, 1.54) is 56.4 Å². The second-order valence-corrected chi connectivity index (χ2v) is 9.74. The fraction of sp³-hybridized carbons (Fsp3) is 0.536. The van der Waals surface area contributed by atoms with Gasteiger partial charge in [-0.05, 0) is 74.0 Å². The van der Waals surface area contributed by atoms with Crippen molar-refractivity contribution in [2.45, 2.75) is 76.8 Å². The molecule has 1 aliphatic carbocycles. The van der Waals surface area contributed by atoms with Gasteiger partial charge in [-0.1, -0.05) is 57.4 Å². The van der Waals surface area contributed by atoms with E-state index in [1.807, 2.05) is 0 Å². The van der Waals surface area contributed by atoms with Gasteiger partial charge in [0.15, 0.2) is 0 Å². The first-order valence-corrected chi connectivity index (χ1v) is 12.4. The first kappa shape index (κ1) is 25.4. The summed E-state index contributed by atoms with van der Waals surface area (Å²) in [6, 6.07) is 13.3. The van der Waals surface area contributed by atoms with Gasteiger partial charge in [-0.15, -0.1) is 0 Å². The first-order chi connectivity index (χ1) is 15.9. The lowest BCUT2D eigenvalue weighted by atomic mass is 9.87. The third-order valence-electron chi connectivity index (χ3n) is 7.00. The van der Waals surface area contributed by atoms with Crippen LogP contribution in [0, 0.1) is 17.6 Å². The zero-order chi connectivity index (χ0) is 23.8. The maximum atomic E-state index is 13.4. The largest absolute Gasteiger partial charge is 0.355 e. The van der Waals surface area contributed by atoms with Gasteiger partial charge in [0.1, 0.15) is 11.6 Å². The number of nitrogens with one attached hydrogen (secondary N) is 1. The minimum absolute atomic E-state index is 0.0221. The molecule has 1 saturated carbocycles. The summed E-state index contributed by atoms with van der Waals surface area (Å²) < 4.78 is 26.9. The quantitative estimate of drug-likeness (QED) is 0.427. The van der Waals surface area contributed by atoms with Gasteiger partial charge < -0.3 is 5.32 Å². The predicted molar refractivity (Wildman–Crippen MR) is 130 cm³/mol. The van der Waals surface area contributed by atoms with E-state index in [0.29, 0.717) is 12.6 Å². The molecule has 180 valence electrons. The van der Waals surface area contributed by atoms with Crippen LogP contribution in [0.15, 0.2) is 48.5 Å². The minimum Gasteiger partial charge on any atom is -0.355 e. The van der Waals surface area contributed by atoms with Crippen molar-refractivity contribution in [2.24, 2.45) is 5.92 Å². The normalized spacial score (nSPS) is 15.9. The molecular weight excluding hydrogens is 418 g/mol. The lowest BCUT2D eigenvalue weighted by Crippen LogP contribution is -2.52. The highest BCUT2D eigenvalue weighted by molar-refractivity contribution is 5.82. The van der Waals surface area contributed by atoms with E-state index in [-0.39, 0.29) is 35.4 Å². The van der Waals surface area contributed by atoms with E-state index in [0.717, 1.165) is 24.0 Å². The summed E-state index contributed by atoms with van der Waals surface area (Å²) in [6.45, 7) is 4.81. The Morgan fingerprint density at radius 3 is 1.94 bits per heavy atom. The number of hydrogen-bond acceptors (Lipinski definition) is 2. The molecule has 0 radical (unpaired) electrons. The molecule has 2 aromatic carbocycles. The maximum absolute atomic E-state index is 13.4. The molecule has 33 heavy (non-hydrogen) atoms. The second kappa shape index (κ2) is 12.3. The summed E-state index contributed by atoms with van der Waals surface area (Å²) in [5.41, 5.74) is 1.98. The highest BCUT2D eigenvalue weighted by atomic mass is 19.1. The van der Waals surface area contributed by atoms with Crippen molar-refractivity contribution in [3.8, 4) is 0 Å². The number of hydrogen-bond donors (Lipinski definition) is 1. The van der Waals surface area contributed by atoms with Crippen molar-refractivity contribution in [1.29, 1.82) is 0 Å². The van der Waals surface area contributed by atoms with Gasteiger partial charge in [-0.3, -0.25) is 9.69 Å². The van der Waals surface area contributed by atoms with Crippen LogP contribution < -0.4 is 5.32 Å². The molecule has 1 amide bonds. The van der Waals surface area contributed by atoms with Crippen LogP contribution in [0.25, 0.3) is 0 Å². The van der Waals surface area contributed by atoms with E-state index in [4.69, 9.17) is 0 Å². The minimum atomic E-state index is -0.273. The van der Waals surface area contributed by atoms with Crippen LogP contribution in [0.3, 0.4) is 0 Å². The number of amides is 1. The van der Waals surface area contributed by atoms with Crippen LogP contribution in [0.5, 0.6) is 0 Å². The summed E-state index contributed by atoms with van der Waals surface area (Å²) in [5.74, 6) is -0.188. The molecule has 2 aromatic rings. The molecule has 0 saturated heterocycles. The fourth-order valence-electron chi connectivity index (χ4n) is 5.21. The number of likely N-dealkylation sites (N-methyl/N-ethyl adjacent to an activating group) is 1. The van der Waals surface area contributed by atoms with Crippen LogP contribution in [0.1, 0.15) is 75.8 Å². The number of carbonyl (C=O) groups is 1. The van der Waals surface area contributed by atoms with E-state index >= 15 is 0 Å². The molecule has 0 unspecified atom stereocenters. The summed E-state index contributed by atoms with van der Waals surface area (Å²) in [7, 11) is 2.10. The van der Waals surface area contributed by atoms with Crippen LogP contribution >= 0.6 is 0 Å². The molecule has 1 atom stereocenters. The SMILES string of the molecule is CC(C)[C@@H](C(=O)NCCCC(c1ccc(F)cc1)c1ccc(F)cc1)N(C)C1CCCCC1. The smallest absolute Gasteiger partial charge is 0.237 e. The van der Waals surface area contributed by atoms with Crippen LogP contribution in [-0.2, 0) is 4.79 Å². The van der Waals surface area contributed by atoms with Crippen molar-refractivity contribution < 1.29 is 13.6 Å². The summed E-state index contributed by atoms with van der Waals surface area (Å²) in [4.78, 5) is 15.4. The van der Waals surface area contributed by atoms with Gasteiger partial charge in [-0.2, -0.15) is 0 Å². The van der Waals surface area contributed by atoms with Gasteiger partial charge in [-0.25, -0.2) is 8.78 Å². The Labute approximate surface area is 197 Å². The molecule has 0 heterocycles. The molecule has 5 heteroatoms. The summed E-state index contributed by atoms with van der Waals surface area (Å²) in [5, 5.41) is 3.16.